The van der Waals surface area contributed by atoms with Crippen molar-refractivity contribution in [2.45, 2.75) is 0 Å². The molecule has 0 aliphatic heterocycles. The van der Waals surface area contributed by atoms with Gasteiger partial charge in [-0.25, -0.2) is 4.79 Å². The lowest BCUT2D eigenvalue weighted by Gasteiger charge is -1.89. The molecule has 4 heteroatoms. The van der Waals surface area contributed by atoms with Crippen molar-refractivity contribution in [2.24, 2.45) is 0 Å². The maximum atomic E-state index is 10.6. The number of aromatic hydroxyl groups is 1. The summed E-state index contributed by atoms with van der Waals surface area (Å²) >= 11 is 0. The van der Waals surface area contributed by atoms with Crippen molar-refractivity contribution in [1.29, 1.82) is 0 Å². The molecule has 0 atom stereocenters. The first-order valence-corrected chi connectivity index (χ1v) is 3.71. The molecule has 13 heavy (non-hydrogen) atoms. The summed E-state index contributed by atoms with van der Waals surface area (Å²) < 4.78 is 1.06. The number of benzene rings is 1. The minimum Gasteiger partial charge on any atom is -0.508 e. The highest BCUT2D eigenvalue weighted by atomic mass is 16.4. The van der Waals surface area contributed by atoms with E-state index in [0.29, 0.717) is 5.39 Å². The van der Waals surface area contributed by atoms with Crippen LogP contribution in [0.2, 0.25) is 0 Å². The van der Waals surface area contributed by atoms with Gasteiger partial charge in [-0.3, -0.25) is 4.57 Å². The molecule has 0 saturated carbocycles. The fourth-order valence-corrected chi connectivity index (χ4v) is 1.24. The summed E-state index contributed by atoms with van der Waals surface area (Å²) in [5.41, 5.74) is 0. The molecule has 0 unspecified atom stereocenters. The summed E-state index contributed by atoms with van der Waals surface area (Å²) in [5, 5.41) is 19.3. The second kappa shape index (κ2) is 2.52. The van der Waals surface area contributed by atoms with Crippen molar-refractivity contribution < 1.29 is 15.0 Å². The predicted molar refractivity (Wildman–Crippen MR) is 47.0 cm³/mol. The molecule has 2 rings (SSSR count). The number of carboxylic acid groups (broad SMARTS) is 1. The smallest absolute Gasteiger partial charge is 0.415 e. The second-order valence-electron chi connectivity index (χ2n) is 2.76. The molecule has 0 radical (unpaired) electrons. The topological polar surface area (TPSA) is 62.5 Å². The summed E-state index contributed by atoms with van der Waals surface area (Å²) in [6, 6.07) is 4.72. The molecular weight excluding hydrogens is 170 g/mol. The molecule has 0 spiro atoms. The largest absolute Gasteiger partial charge is 0.508 e. The van der Waals surface area contributed by atoms with Crippen LogP contribution in [0.4, 0.5) is 4.79 Å². The average Bonchev–Trinajstić information content (AvgIpc) is 2.46. The number of hydrogen-bond donors (Lipinski definition) is 2. The van der Waals surface area contributed by atoms with Crippen LogP contribution in [-0.4, -0.2) is 20.9 Å². The van der Waals surface area contributed by atoms with Crippen LogP contribution >= 0.6 is 0 Å². The SMILES string of the molecule is O=C(O)n1cc2ccc(O)cc2c1. The minimum atomic E-state index is -1.03. The summed E-state index contributed by atoms with van der Waals surface area (Å²) in [6.45, 7) is 0. The highest BCUT2D eigenvalue weighted by molar-refractivity contribution is 5.87. The molecular formula is C9H7NO3. The van der Waals surface area contributed by atoms with Gasteiger partial charge in [0.2, 0.25) is 0 Å². The molecule has 0 aliphatic carbocycles. The van der Waals surface area contributed by atoms with Gasteiger partial charge in [-0.2, -0.15) is 0 Å². The molecule has 0 amide bonds. The van der Waals surface area contributed by atoms with E-state index in [1.54, 1.807) is 6.07 Å². The van der Waals surface area contributed by atoms with Crippen molar-refractivity contribution in [2.75, 3.05) is 0 Å². The molecule has 2 aromatic rings. The van der Waals surface area contributed by atoms with Gasteiger partial charge in [-0.1, -0.05) is 0 Å². The first-order chi connectivity index (χ1) is 6.16. The summed E-state index contributed by atoms with van der Waals surface area (Å²) in [4.78, 5) is 10.6. The zero-order chi connectivity index (χ0) is 9.42. The van der Waals surface area contributed by atoms with E-state index >= 15 is 0 Å². The van der Waals surface area contributed by atoms with Gasteiger partial charge in [0.25, 0.3) is 0 Å². The Bertz CT molecular complexity index is 473. The van der Waals surface area contributed by atoms with Crippen LogP contribution in [0.15, 0.2) is 30.6 Å². The number of fused-ring (bicyclic) bond motifs is 1. The molecule has 0 aliphatic rings. The lowest BCUT2D eigenvalue weighted by atomic mass is 10.2. The van der Waals surface area contributed by atoms with E-state index in [0.717, 1.165) is 9.95 Å². The van der Waals surface area contributed by atoms with E-state index in [2.05, 4.69) is 0 Å². The van der Waals surface area contributed by atoms with Gasteiger partial charge >= 0.3 is 6.09 Å². The fraction of sp³-hybridized carbons (Fsp3) is 0. The number of aromatic nitrogens is 1. The number of carbonyl (C=O) groups is 1. The van der Waals surface area contributed by atoms with Crippen molar-refractivity contribution in [1.82, 2.24) is 4.57 Å². The summed E-state index contributed by atoms with van der Waals surface area (Å²) in [6.07, 6.45) is 1.92. The van der Waals surface area contributed by atoms with E-state index in [1.165, 1.54) is 24.5 Å². The Kier molecular flexibility index (Phi) is 1.48. The van der Waals surface area contributed by atoms with Crippen molar-refractivity contribution >= 4 is 16.9 Å². The highest BCUT2D eigenvalue weighted by Crippen LogP contribution is 2.20. The third kappa shape index (κ3) is 1.22. The van der Waals surface area contributed by atoms with Gasteiger partial charge in [0.1, 0.15) is 5.75 Å². The first-order valence-electron chi connectivity index (χ1n) is 3.71. The quantitative estimate of drug-likeness (QED) is 0.645. The fourth-order valence-electron chi connectivity index (χ4n) is 1.24. The molecule has 4 nitrogen and oxygen atoms in total. The van der Waals surface area contributed by atoms with Gasteiger partial charge in [0, 0.05) is 23.2 Å². The van der Waals surface area contributed by atoms with Crippen LogP contribution in [0.1, 0.15) is 0 Å². The van der Waals surface area contributed by atoms with Crippen molar-refractivity contribution in [3.8, 4) is 5.75 Å². The molecule has 1 aromatic heterocycles. The highest BCUT2D eigenvalue weighted by Gasteiger charge is 2.03. The predicted octanol–water partition coefficient (Wildman–Crippen LogP) is 1.87. The van der Waals surface area contributed by atoms with Gasteiger partial charge in [-0.15, -0.1) is 0 Å². The number of phenolic OH excluding ortho intramolecular Hbond substituents is 1. The van der Waals surface area contributed by atoms with Crippen molar-refractivity contribution in [3.63, 3.8) is 0 Å². The van der Waals surface area contributed by atoms with E-state index in [-0.39, 0.29) is 5.75 Å². The number of phenols is 1. The van der Waals surface area contributed by atoms with Crippen molar-refractivity contribution in [3.05, 3.63) is 30.6 Å². The molecule has 0 saturated heterocycles. The maximum Gasteiger partial charge on any atom is 0.415 e. The van der Waals surface area contributed by atoms with Gasteiger partial charge < -0.3 is 10.2 Å². The number of hydrogen-bond acceptors (Lipinski definition) is 2. The Balaban J connectivity index is 2.68. The van der Waals surface area contributed by atoms with E-state index < -0.39 is 6.09 Å². The minimum absolute atomic E-state index is 0.135. The summed E-state index contributed by atoms with van der Waals surface area (Å²) in [7, 11) is 0. The Hall–Kier alpha value is -1.97. The Labute approximate surface area is 73.6 Å². The molecule has 0 fully saturated rings. The zero-order valence-corrected chi connectivity index (χ0v) is 6.64. The summed E-state index contributed by atoms with van der Waals surface area (Å²) in [5.74, 6) is 0.135. The molecule has 0 bridgehead atoms. The third-order valence-corrected chi connectivity index (χ3v) is 1.85. The molecule has 2 N–H and O–H groups in total. The lowest BCUT2D eigenvalue weighted by molar-refractivity contribution is 0.196. The maximum absolute atomic E-state index is 10.6. The average molecular weight is 177 g/mol. The Morgan fingerprint density at radius 1 is 1.23 bits per heavy atom. The van der Waals surface area contributed by atoms with Crippen LogP contribution < -0.4 is 0 Å². The van der Waals surface area contributed by atoms with Crippen LogP contribution in [0.5, 0.6) is 5.75 Å². The second-order valence-corrected chi connectivity index (χ2v) is 2.76. The van der Waals surface area contributed by atoms with Crippen LogP contribution in [0.25, 0.3) is 10.8 Å². The van der Waals surface area contributed by atoms with Crippen LogP contribution in [0, 0.1) is 0 Å². The van der Waals surface area contributed by atoms with E-state index in [1.807, 2.05) is 0 Å². The van der Waals surface area contributed by atoms with Gasteiger partial charge in [-0.05, 0) is 18.2 Å². The molecule has 66 valence electrons. The molecule has 1 aromatic carbocycles. The first kappa shape index (κ1) is 7.67. The monoisotopic (exact) mass is 177 g/mol. The third-order valence-electron chi connectivity index (χ3n) is 1.85. The Morgan fingerprint density at radius 3 is 2.62 bits per heavy atom. The van der Waals surface area contributed by atoms with Gasteiger partial charge in [0.05, 0.1) is 0 Å². The normalized spacial score (nSPS) is 10.5. The van der Waals surface area contributed by atoms with E-state index in [9.17, 15) is 4.79 Å². The Morgan fingerprint density at radius 2 is 1.92 bits per heavy atom. The van der Waals surface area contributed by atoms with Gasteiger partial charge in [0.15, 0.2) is 0 Å². The van der Waals surface area contributed by atoms with Crippen LogP contribution in [0.3, 0.4) is 0 Å². The zero-order valence-electron chi connectivity index (χ0n) is 6.64. The standard InChI is InChI=1S/C9H7NO3/c11-8-2-1-6-4-10(9(12)13)5-7(6)3-8/h1-5,11H,(H,12,13). The lowest BCUT2D eigenvalue weighted by Crippen LogP contribution is -2.03. The number of nitrogens with zero attached hydrogens (tertiary/aromatic N) is 1. The van der Waals surface area contributed by atoms with E-state index in [4.69, 9.17) is 10.2 Å². The van der Waals surface area contributed by atoms with Crippen LogP contribution in [-0.2, 0) is 0 Å². The number of rotatable bonds is 0. The molecule has 1 heterocycles.